The molecule has 0 fully saturated rings. The van der Waals surface area contributed by atoms with Crippen LogP contribution in [0.3, 0.4) is 0 Å². The van der Waals surface area contributed by atoms with Gasteiger partial charge in [0.05, 0.1) is 5.69 Å². The lowest BCUT2D eigenvalue weighted by atomic mass is 9.87. The molecule has 0 saturated heterocycles. The molecule has 0 aliphatic rings. The molecule has 2 N–H and O–H groups in total. The number of hydrogen-bond donors (Lipinski definition) is 1. The van der Waals surface area contributed by atoms with E-state index in [1.54, 1.807) is 0 Å². The maximum Gasteiger partial charge on any atom is 0.145 e. The molecule has 2 rings (SSSR count). The van der Waals surface area contributed by atoms with Crippen molar-refractivity contribution in [2.45, 2.75) is 46.6 Å². The summed E-state index contributed by atoms with van der Waals surface area (Å²) < 4.78 is 5.91. The monoisotopic (exact) mass is 283 g/mol. The van der Waals surface area contributed by atoms with Crippen LogP contribution in [-0.2, 0) is 12.0 Å². The van der Waals surface area contributed by atoms with Crippen LogP contribution in [0.4, 0.5) is 5.69 Å². The third-order valence-corrected chi connectivity index (χ3v) is 3.65. The third-order valence-electron chi connectivity index (χ3n) is 3.65. The van der Waals surface area contributed by atoms with Crippen LogP contribution in [0, 0.1) is 13.8 Å². The van der Waals surface area contributed by atoms with Crippen LogP contribution in [0.5, 0.6) is 5.75 Å². The number of hydrogen-bond acceptors (Lipinski definition) is 2. The lowest BCUT2D eigenvalue weighted by molar-refractivity contribution is 0.305. The summed E-state index contributed by atoms with van der Waals surface area (Å²) >= 11 is 0. The summed E-state index contributed by atoms with van der Waals surface area (Å²) in [6.07, 6.45) is 0. The van der Waals surface area contributed by atoms with E-state index >= 15 is 0 Å². The molecule has 112 valence electrons. The first kappa shape index (κ1) is 15.4. The Balaban J connectivity index is 2.10. The molecule has 0 saturated carbocycles. The van der Waals surface area contributed by atoms with Gasteiger partial charge in [-0.1, -0.05) is 51.1 Å². The molecule has 0 bridgehead atoms. The van der Waals surface area contributed by atoms with Gasteiger partial charge in [-0.15, -0.1) is 0 Å². The number of rotatable bonds is 3. The average Bonchev–Trinajstić information content (AvgIpc) is 2.37. The summed E-state index contributed by atoms with van der Waals surface area (Å²) in [7, 11) is 0. The Hall–Kier alpha value is -1.96. The van der Waals surface area contributed by atoms with Crippen molar-refractivity contribution in [3.05, 3.63) is 58.7 Å². The molecule has 2 nitrogen and oxygen atoms in total. The van der Waals surface area contributed by atoms with E-state index in [-0.39, 0.29) is 5.41 Å². The molecule has 21 heavy (non-hydrogen) atoms. The van der Waals surface area contributed by atoms with E-state index in [9.17, 15) is 0 Å². The SMILES string of the molecule is Cc1cc(C)c(OCc2ccc(C(C)(C)C)cc2)c(N)c1. The number of benzene rings is 2. The number of nitrogens with two attached hydrogens (primary N) is 1. The summed E-state index contributed by atoms with van der Waals surface area (Å²) in [6, 6.07) is 12.6. The van der Waals surface area contributed by atoms with Crippen LogP contribution in [0.25, 0.3) is 0 Å². The van der Waals surface area contributed by atoms with Gasteiger partial charge in [0.2, 0.25) is 0 Å². The fourth-order valence-corrected chi connectivity index (χ4v) is 2.44. The highest BCUT2D eigenvalue weighted by atomic mass is 16.5. The zero-order chi connectivity index (χ0) is 15.6. The van der Waals surface area contributed by atoms with E-state index in [0.29, 0.717) is 12.3 Å². The maximum absolute atomic E-state index is 6.04. The van der Waals surface area contributed by atoms with Crippen molar-refractivity contribution in [1.82, 2.24) is 0 Å². The van der Waals surface area contributed by atoms with Gasteiger partial charge in [0, 0.05) is 0 Å². The first-order chi connectivity index (χ1) is 9.77. The number of ether oxygens (including phenoxy) is 1. The van der Waals surface area contributed by atoms with E-state index < -0.39 is 0 Å². The molecule has 0 aromatic heterocycles. The zero-order valence-electron chi connectivity index (χ0n) is 13.7. The summed E-state index contributed by atoms with van der Waals surface area (Å²) in [5, 5.41) is 0. The van der Waals surface area contributed by atoms with Crippen molar-refractivity contribution in [1.29, 1.82) is 0 Å². The smallest absolute Gasteiger partial charge is 0.145 e. The first-order valence-electron chi connectivity index (χ1n) is 7.36. The second-order valence-electron chi connectivity index (χ2n) is 6.74. The van der Waals surface area contributed by atoms with E-state index in [2.05, 4.69) is 51.1 Å². The Morgan fingerprint density at radius 2 is 1.62 bits per heavy atom. The van der Waals surface area contributed by atoms with Gasteiger partial charge in [0.1, 0.15) is 12.4 Å². The minimum atomic E-state index is 0.178. The Morgan fingerprint density at radius 1 is 1.00 bits per heavy atom. The summed E-state index contributed by atoms with van der Waals surface area (Å²) in [5.41, 5.74) is 11.7. The summed E-state index contributed by atoms with van der Waals surface area (Å²) in [4.78, 5) is 0. The van der Waals surface area contributed by atoms with Crippen LogP contribution >= 0.6 is 0 Å². The molecular weight excluding hydrogens is 258 g/mol. The molecule has 0 atom stereocenters. The van der Waals surface area contributed by atoms with Crippen molar-refractivity contribution in [3.63, 3.8) is 0 Å². The molecule has 2 aromatic rings. The number of aryl methyl sites for hydroxylation is 2. The molecule has 0 unspecified atom stereocenters. The zero-order valence-corrected chi connectivity index (χ0v) is 13.7. The van der Waals surface area contributed by atoms with Crippen LogP contribution in [0.1, 0.15) is 43.0 Å². The lowest BCUT2D eigenvalue weighted by Gasteiger charge is -2.19. The minimum Gasteiger partial charge on any atom is -0.486 e. The average molecular weight is 283 g/mol. The highest BCUT2D eigenvalue weighted by Gasteiger charge is 2.13. The predicted molar refractivity (Wildman–Crippen MR) is 89.8 cm³/mol. The molecule has 2 aromatic carbocycles. The van der Waals surface area contributed by atoms with E-state index in [1.165, 1.54) is 5.56 Å². The van der Waals surface area contributed by atoms with Crippen molar-refractivity contribution in [2.75, 3.05) is 5.73 Å². The second-order valence-corrected chi connectivity index (χ2v) is 6.74. The fraction of sp³-hybridized carbons (Fsp3) is 0.368. The predicted octanol–water partition coefficient (Wildman–Crippen LogP) is 4.76. The molecule has 0 spiro atoms. The van der Waals surface area contributed by atoms with E-state index in [1.807, 2.05) is 19.9 Å². The summed E-state index contributed by atoms with van der Waals surface area (Å²) in [5.74, 6) is 0.792. The minimum absolute atomic E-state index is 0.178. The van der Waals surface area contributed by atoms with Crippen LogP contribution in [-0.4, -0.2) is 0 Å². The van der Waals surface area contributed by atoms with Crippen molar-refractivity contribution in [2.24, 2.45) is 0 Å². The van der Waals surface area contributed by atoms with Crippen LogP contribution in [0.2, 0.25) is 0 Å². The fourth-order valence-electron chi connectivity index (χ4n) is 2.44. The van der Waals surface area contributed by atoms with E-state index in [4.69, 9.17) is 10.5 Å². The molecule has 0 amide bonds. The standard InChI is InChI=1S/C19H25NO/c1-13-10-14(2)18(17(20)11-13)21-12-15-6-8-16(9-7-15)19(3,4)5/h6-11H,12,20H2,1-5H3. The molecule has 0 aliphatic heterocycles. The lowest BCUT2D eigenvalue weighted by Crippen LogP contribution is -2.11. The Bertz CT molecular complexity index is 598. The topological polar surface area (TPSA) is 35.2 Å². The van der Waals surface area contributed by atoms with Crippen LogP contribution < -0.4 is 10.5 Å². The maximum atomic E-state index is 6.04. The highest BCUT2D eigenvalue weighted by Crippen LogP contribution is 2.28. The molecule has 0 radical (unpaired) electrons. The Morgan fingerprint density at radius 3 is 2.14 bits per heavy atom. The summed E-state index contributed by atoms with van der Waals surface area (Å²) in [6.45, 7) is 11.3. The second kappa shape index (κ2) is 5.80. The first-order valence-corrected chi connectivity index (χ1v) is 7.36. The van der Waals surface area contributed by atoms with Gasteiger partial charge in [-0.3, -0.25) is 0 Å². The molecular formula is C19H25NO. The Kier molecular flexibility index (Phi) is 4.26. The van der Waals surface area contributed by atoms with Gasteiger partial charge in [0.15, 0.2) is 0 Å². The quantitative estimate of drug-likeness (QED) is 0.824. The third kappa shape index (κ3) is 3.78. The van der Waals surface area contributed by atoms with Gasteiger partial charge in [-0.05, 0) is 47.6 Å². The number of nitrogen functional groups attached to an aromatic ring is 1. The van der Waals surface area contributed by atoms with Gasteiger partial charge < -0.3 is 10.5 Å². The van der Waals surface area contributed by atoms with Gasteiger partial charge in [0.25, 0.3) is 0 Å². The normalized spacial score (nSPS) is 11.5. The van der Waals surface area contributed by atoms with Crippen LogP contribution in [0.15, 0.2) is 36.4 Å². The molecule has 2 heteroatoms. The van der Waals surface area contributed by atoms with Crippen molar-refractivity contribution >= 4 is 5.69 Å². The van der Waals surface area contributed by atoms with Gasteiger partial charge in [-0.25, -0.2) is 0 Å². The van der Waals surface area contributed by atoms with E-state index in [0.717, 1.165) is 22.4 Å². The Labute approximate surface area is 127 Å². The molecule has 0 heterocycles. The van der Waals surface area contributed by atoms with Gasteiger partial charge >= 0.3 is 0 Å². The van der Waals surface area contributed by atoms with Crippen molar-refractivity contribution in [3.8, 4) is 5.75 Å². The molecule has 0 aliphatic carbocycles. The largest absolute Gasteiger partial charge is 0.486 e. The van der Waals surface area contributed by atoms with Crippen molar-refractivity contribution < 1.29 is 4.74 Å². The number of anilines is 1. The van der Waals surface area contributed by atoms with Gasteiger partial charge in [-0.2, -0.15) is 0 Å². The highest BCUT2D eigenvalue weighted by molar-refractivity contribution is 5.58.